The second-order valence-corrected chi connectivity index (χ2v) is 6.50. The minimum atomic E-state index is -0.229. The topological polar surface area (TPSA) is 24.9 Å². The zero-order valence-corrected chi connectivity index (χ0v) is 13.1. The maximum atomic E-state index is 13.2. The summed E-state index contributed by atoms with van der Waals surface area (Å²) >= 11 is 4.93. The molecule has 0 aliphatic carbocycles. The lowest BCUT2D eigenvalue weighted by Gasteiger charge is -2.13. The number of nitrogens with zero attached hydrogens (tertiary/aromatic N) is 1. The molecule has 0 bridgehead atoms. The average Bonchev–Trinajstić information content (AvgIpc) is 2.80. The third-order valence-corrected chi connectivity index (χ3v) is 4.48. The summed E-state index contributed by atoms with van der Waals surface area (Å²) in [6.07, 6.45) is 0. The molecule has 2 nitrogen and oxygen atoms in total. The van der Waals surface area contributed by atoms with Gasteiger partial charge in [-0.15, -0.1) is 0 Å². The molecule has 102 valence electrons. The van der Waals surface area contributed by atoms with Crippen molar-refractivity contribution in [1.29, 1.82) is 0 Å². The lowest BCUT2D eigenvalue weighted by atomic mass is 10.1. The van der Waals surface area contributed by atoms with Gasteiger partial charge in [0.2, 0.25) is 0 Å². The van der Waals surface area contributed by atoms with Gasteiger partial charge in [0, 0.05) is 4.47 Å². The van der Waals surface area contributed by atoms with E-state index >= 15 is 0 Å². The first-order chi connectivity index (χ1) is 9.61. The first kappa shape index (κ1) is 13.5. The summed E-state index contributed by atoms with van der Waals surface area (Å²) in [6, 6.07) is 12.9. The van der Waals surface area contributed by atoms with Gasteiger partial charge in [0.05, 0.1) is 16.3 Å². The molecule has 20 heavy (non-hydrogen) atoms. The number of hydrogen-bond acceptors (Lipinski definition) is 3. The van der Waals surface area contributed by atoms with Crippen LogP contribution in [0, 0.1) is 5.82 Å². The number of fused-ring (bicyclic) bond motifs is 1. The molecule has 0 radical (unpaired) electrons. The normalized spacial score (nSPS) is 12.6. The SMILES string of the molecule is CC(Nc1nc2ccc(F)cc2s1)c1cccc(Br)c1. The van der Waals surface area contributed by atoms with Crippen LogP contribution >= 0.6 is 27.3 Å². The van der Waals surface area contributed by atoms with Gasteiger partial charge >= 0.3 is 0 Å². The van der Waals surface area contributed by atoms with Gasteiger partial charge in [0.1, 0.15) is 5.82 Å². The second-order valence-electron chi connectivity index (χ2n) is 4.55. The average molecular weight is 351 g/mol. The molecular weight excluding hydrogens is 339 g/mol. The number of aromatic nitrogens is 1. The third-order valence-electron chi connectivity index (χ3n) is 3.04. The van der Waals surface area contributed by atoms with E-state index in [0.717, 1.165) is 19.8 Å². The summed E-state index contributed by atoms with van der Waals surface area (Å²) in [7, 11) is 0. The number of benzene rings is 2. The molecule has 1 heterocycles. The fourth-order valence-electron chi connectivity index (χ4n) is 2.00. The van der Waals surface area contributed by atoms with Crippen molar-refractivity contribution < 1.29 is 4.39 Å². The van der Waals surface area contributed by atoms with Crippen LogP contribution in [0.3, 0.4) is 0 Å². The van der Waals surface area contributed by atoms with Gasteiger partial charge < -0.3 is 5.32 Å². The highest BCUT2D eigenvalue weighted by molar-refractivity contribution is 9.10. The van der Waals surface area contributed by atoms with Crippen LogP contribution in [0.5, 0.6) is 0 Å². The van der Waals surface area contributed by atoms with Crippen molar-refractivity contribution in [2.24, 2.45) is 0 Å². The van der Waals surface area contributed by atoms with Crippen molar-refractivity contribution in [3.63, 3.8) is 0 Å². The third kappa shape index (κ3) is 2.83. The van der Waals surface area contributed by atoms with E-state index in [-0.39, 0.29) is 11.9 Å². The van der Waals surface area contributed by atoms with Crippen LogP contribution < -0.4 is 5.32 Å². The number of halogens is 2. The Balaban J connectivity index is 1.85. The zero-order chi connectivity index (χ0) is 14.1. The molecule has 0 saturated carbocycles. The molecule has 0 spiro atoms. The molecule has 3 rings (SSSR count). The van der Waals surface area contributed by atoms with Crippen LogP contribution in [-0.4, -0.2) is 4.98 Å². The first-order valence-corrected chi connectivity index (χ1v) is 7.81. The largest absolute Gasteiger partial charge is 0.355 e. The van der Waals surface area contributed by atoms with E-state index < -0.39 is 0 Å². The minimum Gasteiger partial charge on any atom is -0.355 e. The summed E-state index contributed by atoms with van der Waals surface area (Å²) in [5.41, 5.74) is 1.99. The summed E-state index contributed by atoms with van der Waals surface area (Å²) in [6.45, 7) is 2.08. The number of hydrogen-bond donors (Lipinski definition) is 1. The second kappa shape index (κ2) is 5.50. The Morgan fingerprint density at radius 3 is 2.90 bits per heavy atom. The van der Waals surface area contributed by atoms with Gasteiger partial charge in [-0.1, -0.05) is 39.4 Å². The maximum absolute atomic E-state index is 13.2. The molecule has 0 amide bonds. The highest BCUT2D eigenvalue weighted by atomic mass is 79.9. The lowest BCUT2D eigenvalue weighted by Crippen LogP contribution is -2.05. The quantitative estimate of drug-likeness (QED) is 0.686. The van der Waals surface area contributed by atoms with Crippen molar-refractivity contribution in [3.8, 4) is 0 Å². The van der Waals surface area contributed by atoms with Gasteiger partial charge in [-0.25, -0.2) is 9.37 Å². The Morgan fingerprint density at radius 2 is 2.10 bits per heavy atom. The van der Waals surface area contributed by atoms with E-state index in [1.165, 1.54) is 29.0 Å². The molecule has 1 N–H and O–H groups in total. The van der Waals surface area contributed by atoms with Crippen LogP contribution in [0.25, 0.3) is 10.2 Å². The molecule has 1 atom stereocenters. The van der Waals surface area contributed by atoms with Crippen molar-refractivity contribution in [2.45, 2.75) is 13.0 Å². The minimum absolute atomic E-state index is 0.137. The van der Waals surface area contributed by atoms with Crippen LogP contribution in [0.4, 0.5) is 9.52 Å². The molecule has 3 aromatic rings. The Labute approximate surface area is 128 Å². The lowest BCUT2D eigenvalue weighted by molar-refractivity contribution is 0.630. The summed E-state index contributed by atoms with van der Waals surface area (Å²) < 4.78 is 15.1. The molecule has 5 heteroatoms. The van der Waals surface area contributed by atoms with Gasteiger partial charge in [0.15, 0.2) is 5.13 Å². The summed E-state index contributed by atoms with van der Waals surface area (Å²) in [5.74, 6) is -0.229. The number of anilines is 1. The van der Waals surface area contributed by atoms with E-state index in [9.17, 15) is 4.39 Å². The van der Waals surface area contributed by atoms with Crippen LogP contribution in [0.15, 0.2) is 46.9 Å². The van der Waals surface area contributed by atoms with Gasteiger partial charge in [0.25, 0.3) is 0 Å². The van der Waals surface area contributed by atoms with Gasteiger partial charge in [-0.3, -0.25) is 0 Å². The highest BCUT2D eigenvalue weighted by Crippen LogP contribution is 2.29. The molecule has 1 aromatic heterocycles. The van der Waals surface area contributed by atoms with Gasteiger partial charge in [-0.2, -0.15) is 0 Å². The van der Waals surface area contributed by atoms with Crippen LogP contribution in [0.1, 0.15) is 18.5 Å². The Morgan fingerprint density at radius 1 is 1.25 bits per heavy atom. The van der Waals surface area contributed by atoms with Crippen LogP contribution in [0.2, 0.25) is 0 Å². The maximum Gasteiger partial charge on any atom is 0.184 e. The molecule has 0 aliphatic rings. The standard InChI is InChI=1S/C15H12BrFN2S/c1-9(10-3-2-4-11(16)7-10)18-15-19-13-6-5-12(17)8-14(13)20-15/h2-9H,1H3,(H,18,19). The van der Waals surface area contributed by atoms with Crippen molar-refractivity contribution in [1.82, 2.24) is 4.98 Å². The highest BCUT2D eigenvalue weighted by Gasteiger charge is 2.09. The fraction of sp³-hybridized carbons (Fsp3) is 0.133. The van der Waals surface area contributed by atoms with E-state index in [4.69, 9.17) is 0 Å². The van der Waals surface area contributed by atoms with Crippen molar-refractivity contribution in [2.75, 3.05) is 5.32 Å². The number of rotatable bonds is 3. The van der Waals surface area contributed by atoms with Crippen molar-refractivity contribution in [3.05, 3.63) is 58.3 Å². The molecular formula is C15H12BrFN2S. The van der Waals surface area contributed by atoms with E-state index in [1.807, 2.05) is 12.1 Å². The number of thiazole rings is 1. The fourth-order valence-corrected chi connectivity index (χ4v) is 3.40. The summed E-state index contributed by atoms with van der Waals surface area (Å²) in [4.78, 5) is 4.47. The monoisotopic (exact) mass is 350 g/mol. The van der Waals surface area contributed by atoms with E-state index in [1.54, 1.807) is 6.07 Å². The first-order valence-electron chi connectivity index (χ1n) is 6.20. The van der Waals surface area contributed by atoms with E-state index in [0.29, 0.717) is 0 Å². The van der Waals surface area contributed by atoms with E-state index in [2.05, 4.69) is 45.3 Å². The molecule has 0 aliphatic heterocycles. The smallest absolute Gasteiger partial charge is 0.184 e. The molecule has 0 fully saturated rings. The molecule has 2 aromatic carbocycles. The van der Waals surface area contributed by atoms with Crippen LogP contribution in [-0.2, 0) is 0 Å². The number of nitrogens with one attached hydrogen (secondary N) is 1. The predicted octanol–water partition coefficient (Wildman–Crippen LogP) is 5.37. The Bertz CT molecular complexity index is 756. The molecule has 1 unspecified atom stereocenters. The van der Waals surface area contributed by atoms with Gasteiger partial charge in [-0.05, 0) is 42.8 Å². The zero-order valence-electron chi connectivity index (χ0n) is 10.7. The Kier molecular flexibility index (Phi) is 3.72. The molecule has 0 saturated heterocycles. The predicted molar refractivity (Wildman–Crippen MR) is 85.8 cm³/mol. The Hall–Kier alpha value is -1.46. The van der Waals surface area contributed by atoms with Crippen molar-refractivity contribution >= 4 is 42.6 Å². The summed E-state index contributed by atoms with van der Waals surface area (Å²) in [5, 5.41) is 4.16.